The zero-order chi connectivity index (χ0) is 13.9. The summed E-state index contributed by atoms with van der Waals surface area (Å²) in [5, 5.41) is 0. The monoisotopic (exact) mass is 318 g/mol. The van der Waals surface area contributed by atoms with Crippen molar-refractivity contribution in [2.45, 2.75) is 0 Å². The van der Waals surface area contributed by atoms with Crippen LogP contribution in [0.3, 0.4) is 0 Å². The van der Waals surface area contributed by atoms with Crippen LogP contribution >= 0.6 is 23.4 Å². The molecule has 0 bridgehead atoms. The molecule has 0 radical (unpaired) electrons. The summed E-state index contributed by atoms with van der Waals surface area (Å²) in [6.45, 7) is 0. The molecule has 0 aromatic rings. The first-order valence-corrected chi connectivity index (χ1v) is 9.92. The van der Waals surface area contributed by atoms with E-state index in [4.69, 9.17) is 13.6 Å². The lowest BCUT2D eigenvalue weighted by Gasteiger charge is -2.29. The average Bonchev–Trinajstić information content (AvgIpc) is 2.46. The lowest BCUT2D eigenvalue weighted by Crippen LogP contribution is -2.45. The van der Waals surface area contributed by atoms with Crippen molar-refractivity contribution in [2.24, 2.45) is 0 Å². The maximum Gasteiger partial charge on any atom is 0.503 e. The molecule has 102 valence electrons. The Hall–Kier alpha value is 0.0600. The van der Waals surface area contributed by atoms with E-state index in [2.05, 4.69) is 14.6 Å². The zero-order valence-corrected chi connectivity index (χ0v) is 12.7. The first-order valence-electron chi connectivity index (χ1n) is 4.60. The van der Waals surface area contributed by atoms with Gasteiger partial charge in [-0.05, 0) is 0 Å². The van der Waals surface area contributed by atoms with Crippen LogP contribution in [0.4, 0.5) is 0 Å². The number of nitrogens with one attached hydrogen (secondary N) is 3. The summed E-state index contributed by atoms with van der Waals surface area (Å²) in [6, 6.07) is 1.37. The highest BCUT2D eigenvalue weighted by molar-refractivity contribution is 8.12. The van der Waals surface area contributed by atoms with E-state index in [1.807, 2.05) is 0 Å². The Bertz CT molecular complexity index is 345. The van der Waals surface area contributed by atoms with Crippen LogP contribution in [0.25, 0.3) is 0 Å². The molecule has 1 unspecified atom stereocenters. The van der Waals surface area contributed by atoms with Gasteiger partial charge in [-0.2, -0.15) is 13.6 Å². The molecule has 1 heterocycles. The standard InChI is InChI=1S/C6H15N3O6P3/c1-13-17(6-12)7-16(4-10,5-11)8-18(9-17,14-2)15-3/h4-9H,1-3H3/q+3. The molecule has 1 aliphatic heterocycles. The van der Waals surface area contributed by atoms with E-state index in [1.165, 1.54) is 21.3 Å². The summed E-state index contributed by atoms with van der Waals surface area (Å²) in [6.07, 6.45) is 0. The lowest BCUT2D eigenvalue weighted by molar-refractivity contribution is 0.304. The summed E-state index contributed by atoms with van der Waals surface area (Å²) in [7, 11) is -5.09. The Labute approximate surface area is 106 Å². The minimum atomic E-state index is -3.09. The second kappa shape index (κ2) is 6.01. The fraction of sp³-hybridized carbons (Fsp3) is 0.500. The predicted octanol–water partition coefficient (Wildman–Crippen LogP) is 0.566. The summed E-state index contributed by atoms with van der Waals surface area (Å²) in [5.74, 6) is 0. The van der Waals surface area contributed by atoms with Crippen molar-refractivity contribution in [1.29, 1.82) is 0 Å². The van der Waals surface area contributed by atoms with Crippen LogP contribution < -0.4 is 14.6 Å². The maximum atomic E-state index is 11.2. The lowest BCUT2D eigenvalue weighted by atomic mass is 11.8. The van der Waals surface area contributed by atoms with Gasteiger partial charge in [0.1, 0.15) is 0 Å². The van der Waals surface area contributed by atoms with Gasteiger partial charge in [0.25, 0.3) is 0 Å². The first kappa shape index (κ1) is 16.1. The highest BCUT2D eigenvalue weighted by atomic mass is 31.3. The Morgan fingerprint density at radius 3 is 1.67 bits per heavy atom. The summed E-state index contributed by atoms with van der Waals surface area (Å²) in [5.41, 5.74) is 0. The van der Waals surface area contributed by atoms with Crippen molar-refractivity contribution in [3.63, 3.8) is 0 Å². The number of rotatable bonds is 6. The molecular weight excluding hydrogens is 303 g/mol. The molecule has 0 saturated carbocycles. The van der Waals surface area contributed by atoms with E-state index in [-0.39, 0.29) is 0 Å². The highest BCUT2D eigenvalue weighted by Gasteiger charge is 2.75. The highest BCUT2D eigenvalue weighted by Crippen LogP contribution is 2.77. The summed E-state index contributed by atoms with van der Waals surface area (Å²) >= 11 is 0. The Morgan fingerprint density at radius 2 is 1.33 bits per heavy atom. The molecule has 1 rings (SSSR count). The molecular formula is C6H15N3O6P3+3. The third-order valence-electron chi connectivity index (χ3n) is 2.17. The van der Waals surface area contributed by atoms with Crippen LogP contribution in [0, 0.1) is 0 Å². The second-order valence-electron chi connectivity index (χ2n) is 3.15. The molecule has 1 saturated heterocycles. The molecule has 0 spiro atoms. The Balaban J connectivity index is 3.25. The van der Waals surface area contributed by atoms with Gasteiger partial charge in [-0.1, -0.05) is 0 Å². The van der Waals surface area contributed by atoms with E-state index in [9.17, 15) is 14.4 Å². The molecule has 0 aromatic heterocycles. The van der Waals surface area contributed by atoms with Gasteiger partial charge in [-0.25, -0.2) is 4.79 Å². The molecule has 9 nitrogen and oxygen atoms in total. The first-order chi connectivity index (χ1) is 8.49. The van der Waals surface area contributed by atoms with Crippen molar-refractivity contribution >= 4 is 41.5 Å². The van der Waals surface area contributed by atoms with Gasteiger partial charge in [0.05, 0.1) is 26.2 Å². The normalized spacial score (nSPS) is 29.5. The van der Waals surface area contributed by atoms with Crippen LogP contribution in [-0.4, -0.2) is 39.4 Å². The van der Waals surface area contributed by atoms with Crippen LogP contribution in [-0.2, 0) is 28.0 Å². The Kier molecular flexibility index (Phi) is 5.38. The smallest absolute Gasteiger partial charge is 0.252 e. The van der Waals surface area contributed by atoms with Crippen LogP contribution in [0.1, 0.15) is 0 Å². The van der Waals surface area contributed by atoms with Crippen molar-refractivity contribution in [3.8, 4) is 0 Å². The molecule has 1 aliphatic rings. The molecule has 1 atom stereocenters. The minimum Gasteiger partial charge on any atom is -0.252 e. The molecule has 0 amide bonds. The van der Waals surface area contributed by atoms with E-state index < -0.39 is 23.4 Å². The van der Waals surface area contributed by atoms with Gasteiger partial charge in [-0.3, -0.25) is 9.59 Å². The maximum absolute atomic E-state index is 11.2. The summed E-state index contributed by atoms with van der Waals surface area (Å²) in [4.78, 5) is 41.7. The zero-order valence-electron chi connectivity index (χ0n) is 10.0. The third-order valence-corrected chi connectivity index (χ3v) is 11.9. The van der Waals surface area contributed by atoms with Crippen molar-refractivity contribution in [2.75, 3.05) is 21.3 Å². The van der Waals surface area contributed by atoms with Crippen molar-refractivity contribution in [3.05, 3.63) is 0 Å². The van der Waals surface area contributed by atoms with Crippen molar-refractivity contribution < 1.29 is 28.0 Å². The molecule has 0 aromatic carbocycles. The van der Waals surface area contributed by atoms with E-state index in [1.54, 1.807) is 0 Å². The number of hydrogen-bond acceptors (Lipinski definition) is 9. The molecule has 18 heavy (non-hydrogen) atoms. The van der Waals surface area contributed by atoms with Gasteiger partial charge in [-0.15, -0.1) is 0 Å². The predicted molar refractivity (Wildman–Crippen MR) is 71.4 cm³/mol. The van der Waals surface area contributed by atoms with Crippen molar-refractivity contribution in [1.82, 2.24) is 14.6 Å². The van der Waals surface area contributed by atoms with Gasteiger partial charge in [0.2, 0.25) is 0 Å². The number of carbonyl (C=O) groups is 3. The van der Waals surface area contributed by atoms with E-state index in [0.29, 0.717) is 18.1 Å². The van der Waals surface area contributed by atoms with Gasteiger partial charge < -0.3 is 0 Å². The Morgan fingerprint density at radius 1 is 0.778 bits per heavy atom. The SMILES string of the molecule is CO[P+]1(C=O)N[P+](C=O)(C=O)N[P+](OC)(OC)N1. The summed E-state index contributed by atoms with van der Waals surface area (Å²) < 4.78 is 15.4. The van der Waals surface area contributed by atoms with Gasteiger partial charge in [0.15, 0.2) is 0 Å². The minimum absolute atomic E-state index is 0.435. The quantitative estimate of drug-likeness (QED) is 0.477. The van der Waals surface area contributed by atoms with Crippen LogP contribution in [0.2, 0.25) is 0 Å². The molecule has 12 heteroatoms. The molecule has 0 aliphatic carbocycles. The van der Waals surface area contributed by atoms with E-state index >= 15 is 0 Å². The van der Waals surface area contributed by atoms with E-state index in [0.717, 1.165) is 0 Å². The van der Waals surface area contributed by atoms with Gasteiger partial charge in [0, 0.05) is 9.72 Å². The molecule has 3 N–H and O–H groups in total. The fourth-order valence-electron chi connectivity index (χ4n) is 1.26. The van der Waals surface area contributed by atoms with Gasteiger partial charge >= 0.3 is 41.5 Å². The van der Waals surface area contributed by atoms with Crippen LogP contribution in [0.5, 0.6) is 0 Å². The topological polar surface area (TPSA) is 115 Å². The second-order valence-corrected chi connectivity index (χ2v) is 11.3. The third kappa shape index (κ3) is 2.80. The fourth-order valence-corrected chi connectivity index (χ4v) is 11.6. The van der Waals surface area contributed by atoms with Crippen LogP contribution in [0.15, 0.2) is 0 Å². The number of hydrogen-bond donors (Lipinski definition) is 3. The number of carbonyl (C=O) groups excluding carboxylic acids is 3. The average molecular weight is 318 g/mol. The molecule has 1 fully saturated rings. The largest absolute Gasteiger partial charge is 0.503 e.